The third-order valence-electron chi connectivity index (χ3n) is 1.60. The minimum Gasteiger partial charge on any atom is -0.476 e. The number of nitrogens with zero attached hydrogens (tertiary/aromatic N) is 4. The van der Waals surface area contributed by atoms with Crippen molar-refractivity contribution < 1.29 is 9.90 Å². The molecule has 1 N–H and O–H groups in total. The summed E-state index contributed by atoms with van der Waals surface area (Å²) in [4.78, 5) is 18.5. The standard InChI is InChI=1S/C9H6N4O2S/c14-8(15)6-2-3-7(13-12-6)16-9-10-4-1-5-11-9/h1-5H,(H,14,15). The Hall–Kier alpha value is -2.02. The third kappa shape index (κ3) is 2.51. The lowest BCUT2D eigenvalue weighted by Crippen LogP contribution is -2.01. The maximum atomic E-state index is 10.5. The van der Waals surface area contributed by atoms with Crippen molar-refractivity contribution in [1.29, 1.82) is 0 Å². The molecule has 0 fully saturated rings. The number of carbonyl (C=O) groups is 1. The zero-order valence-electron chi connectivity index (χ0n) is 7.94. The lowest BCUT2D eigenvalue weighted by atomic mass is 10.4. The van der Waals surface area contributed by atoms with Gasteiger partial charge in [0.25, 0.3) is 0 Å². The number of aromatic carboxylic acids is 1. The molecule has 80 valence electrons. The molecule has 2 heterocycles. The fraction of sp³-hybridized carbons (Fsp3) is 0. The van der Waals surface area contributed by atoms with Gasteiger partial charge in [-0.3, -0.25) is 0 Å². The lowest BCUT2D eigenvalue weighted by Gasteiger charge is -1.97. The molecule has 0 aliphatic heterocycles. The van der Waals surface area contributed by atoms with E-state index in [0.717, 1.165) is 0 Å². The topological polar surface area (TPSA) is 88.9 Å². The van der Waals surface area contributed by atoms with Crippen LogP contribution >= 0.6 is 11.8 Å². The molecule has 2 aromatic heterocycles. The van der Waals surface area contributed by atoms with E-state index in [-0.39, 0.29) is 5.69 Å². The first-order chi connectivity index (χ1) is 7.75. The predicted molar refractivity (Wildman–Crippen MR) is 55.1 cm³/mol. The van der Waals surface area contributed by atoms with Crippen LogP contribution in [0.25, 0.3) is 0 Å². The maximum Gasteiger partial charge on any atom is 0.356 e. The summed E-state index contributed by atoms with van der Waals surface area (Å²) >= 11 is 1.22. The van der Waals surface area contributed by atoms with E-state index in [4.69, 9.17) is 5.11 Å². The Balaban J connectivity index is 2.14. The van der Waals surface area contributed by atoms with Crippen molar-refractivity contribution in [3.63, 3.8) is 0 Å². The monoisotopic (exact) mass is 234 g/mol. The second-order valence-electron chi connectivity index (χ2n) is 2.70. The van der Waals surface area contributed by atoms with Gasteiger partial charge >= 0.3 is 5.97 Å². The molecular weight excluding hydrogens is 228 g/mol. The van der Waals surface area contributed by atoms with E-state index >= 15 is 0 Å². The molecule has 0 saturated carbocycles. The van der Waals surface area contributed by atoms with Gasteiger partial charge in [-0.2, -0.15) is 0 Å². The van der Waals surface area contributed by atoms with Gasteiger partial charge < -0.3 is 5.11 Å². The minimum atomic E-state index is -1.10. The SMILES string of the molecule is O=C(O)c1ccc(Sc2ncccn2)nn1. The summed E-state index contributed by atoms with van der Waals surface area (Å²) in [7, 11) is 0. The van der Waals surface area contributed by atoms with Crippen LogP contribution in [-0.4, -0.2) is 31.2 Å². The summed E-state index contributed by atoms with van der Waals surface area (Å²) in [5.41, 5.74) is -0.0849. The first-order valence-electron chi connectivity index (χ1n) is 4.27. The van der Waals surface area contributed by atoms with Crippen molar-refractivity contribution in [1.82, 2.24) is 20.2 Å². The lowest BCUT2D eigenvalue weighted by molar-refractivity contribution is 0.0689. The van der Waals surface area contributed by atoms with E-state index in [2.05, 4.69) is 20.2 Å². The third-order valence-corrected chi connectivity index (χ3v) is 2.42. The molecule has 6 nitrogen and oxygen atoms in total. The van der Waals surface area contributed by atoms with Crippen molar-refractivity contribution >= 4 is 17.7 Å². The van der Waals surface area contributed by atoms with E-state index in [1.807, 2.05) is 0 Å². The largest absolute Gasteiger partial charge is 0.476 e. The van der Waals surface area contributed by atoms with Gasteiger partial charge in [-0.1, -0.05) is 0 Å². The van der Waals surface area contributed by atoms with Gasteiger partial charge in [-0.05, 0) is 30.0 Å². The molecule has 2 aromatic rings. The van der Waals surface area contributed by atoms with Gasteiger partial charge in [0, 0.05) is 12.4 Å². The summed E-state index contributed by atoms with van der Waals surface area (Å²) in [5.74, 6) is -1.10. The zero-order valence-corrected chi connectivity index (χ0v) is 8.76. The number of rotatable bonds is 3. The fourth-order valence-corrected chi connectivity index (χ4v) is 1.55. The van der Waals surface area contributed by atoms with Crippen molar-refractivity contribution in [2.24, 2.45) is 0 Å². The molecule has 0 aliphatic rings. The normalized spacial score (nSPS) is 10.0. The second-order valence-corrected chi connectivity index (χ2v) is 3.68. The number of carboxylic acids is 1. The van der Waals surface area contributed by atoms with Crippen LogP contribution in [0.5, 0.6) is 0 Å². The van der Waals surface area contributed by atoms with Gasteiger partial charge in [0.1, 0.15) is 5.03 Å². The number of carboxylic acid groups (broad SMARTS) is 1. The van der Waals surface area contributed by atoms with Crippen molar-refractivity contribution in [3.8, 4) is 0 Å². The van der Waals surface area contributed by atoms with Crippen LogP contribution in [0.4, 0.5) is 0 Å². The minimum absolute atomic E-state index is 0.0849. The quantitative estimate of drug-likeness (QED) is 0.796. The highest BCUT2D eigenvalue weighted by Gasteiger charge is 2.06. The molecule has 0 bridgehead atoms. The van der Waals surface area contributed by atoms with Gasteiger partial charge in [0.2, 0.25) is 0 Å². The van der Waals surface area contributed by atoms with E-state index in [1.165, 1.54) is 17.8 Å². The fourth-order valence-electron chi connectivity index (χ4n) is 0.920. The Bertz CT molecular complexity index is 489. The second kappa shape index (κ2) is 4.67. The Morgan fingerprint density at radius 3 is 2.50 bits per heavy atom. The van der Waals surface area contributed by atoms with Crippen molar-refractivity contribution in [3.05, 3.63) is 36.3 Å². The van der Waals surface area contributed by atoms with E-state index < -0.39 is 5.97 Å². The van der Waals surface area contributed by atoms with Crippen LogP contribution in [0.3, 0.4) is 0 Å². The number of hydrogen-bond donors (Lipinski definition) is 1. The molecule has 16 heavy (non-hydrogen) atoms. The summed E-state index contributed by atoms with van der Waals surface area (Å²) < 4.78 is 0. The number of aromatic nitrogens is 4. The summed E-state index contributed by atoms with van der Waals surface area (Å²) in [6.07, 6.45) is 3.24. The Morgan fingerprint density at radius 2 is 1.94 bits per heavy atom. The van der Waals surface area contributed by atoms with Gasteiger partial charge in [-0.15, -0.1) is 10.2 Å². The molecule has 7 heteroatoms. The van der Waals surface area contributed by atoms with E-state index in [9.17, 15) is 4.79 Å². The highest BCUT2D eigenvalue weighted by Crippen LogP contribution is 2.20. The molecule has 0 amide bonds. The molecular formula is C9H6N4O2S. The Kier molecular flexibility index (Phi) is 3.06. The number of hydrogen-bond acceptors (Lipinski definition) is 6. The van der Waals surface area contributed by atoms with Crippen LogP contribution < -0.4 is 0 Å². The molecule has 0 spiro atoms. The van der Waals surface area contributed by atoms with E-state index in [1.54, 1.807) is 24.5 Å². The molecule has 0 aromatic carbocycles. The average Bonchev–Trinajstić information content (AvgIpc) is 2.31. The Morgan fingerprint density at radius 1 is 1.19 bits per heavy atom. The van der Waals surface area contributed by atoms with Gasteiger partial charge in [0.15, 0.2) is 10.9 Å². The van der Waals surface area contributed by atoms with Crippen LogP contribution in [0, 0.1) is 0 Å². The molecule has 0 saturated heterocycles. The summed E-state index contributed by atoms with van der Waals surface area (Å²) in [5, 5.41) is 17.0. The molecule has 0 atom stereocenters. The predicted octanol–water partition coefficient (Wildman–Crippen LogP) is 1.12. The first-order valence-corrected chi connectivity index (χ1v) is 5.09. The summed E-state index contributed by atoms with van der Waals surface area (Å²) in [6.45, 7) is 0. The molecule has 2 rings (SSSR count). The highest BCUT2D eigenvalue weighted by molar-refractivity contribution is 7.99. The average molecular weight is 234 g/mol. The van der Waals surface area contributed by atoms with E-state index in [0.29, 0.717) is 10.2 Å². The molecule has 0 radical (unpaired) electrons. The van der Waals surface area contributed by atoms with Gasteiger partial charge in [0.05, 0.1) is 0 Å². The maximum absolute atomic E-state index is 10.5. The first kappa shape index (κ1) is 10.5. The molecule has 0 unspecified atom stereocenters. The molecule has 0 aliphatic carbocycles. The van der Waals surface area contributed by atoms with Crippen molar-refractivity contribution in [2.75, 3.05) is 0 Å². The Labute approximate surface area is 94.8 Å². The van der Waals surface area contributed by atoms with Crippen LogP contribution in [0.2, 0.25) is 0 Å². The van der Waals surface area contributed by atoms with Crippen LogP contribution in [-0.2, 0) is 0 Å². The highest BCUT2D eigenvalue weighted by atomic mass is 32.2. The smallest absolute Gasteiger partial charge is 0.356 e. The summed E-state index contributed by atoms with van der Waals surface area (Å²) in [6, 6.07) is 4.67. The van der Waals surface area contributed by atoms with Gasteiger partial charge in [-0.25, -0.2) is 14.8 Å². The zero-order chi connectivity index (χ0) is 11.4. The van der Waals surface area contributed by atoms with Crippen LogP contribution in [0.1, 0.15) is 10.5 Å². The van der Waals surface area contributed by atoms with Crippen molar-refractivity contribution in [2.45, 2.75) is 10.2 Å². The van der Waals surface area contributed by atoms with Crippen LogP contribution in [0.15, 0.2) is 40.8 Å².